The molecular weight excluding hydrogens is 252 g/mol. The summed E-state index contributed by atoms with van der Waals surface area (Å²) in [5.74, 6) is 0.00367. The van der Waals surface area contributed by atoms with E-state index in [0.717, 1.165) is 31.6 Å². The van der Waals surface area contributed by atoms with E-state index in [1.54, 1.807) is 11.1 Å². The van der Waals surface area contributed by atoms with Gasteiger partial charge in [0, 0.05) is 31.0 Å². The van der Waals surface area contributed by atoms with Crippen molar-refractivity contribution in [3.8, 4) is 0 Å². The first kappa shape index (κ1) is 14.8. The molecule has 0 unspecified atom stereocenters. The number of amides is 1. The predicted molar refractivity (Wildman–Crippen MR) is 81.0 cm³/mol. The number of hydrogen-bond donors (Lipinski definition) is 2. The van der Waals surface area contributed by atoms with Crippen LogP contribution in [0.5, 0.6) is 0 Å². The lowest BCUT2D eigenvalue weighted by Crippen LogP contribution is -2.35. The molecule has 0 saturated carbocycles. The highest BCUT2D eigenvalue weighted by Crippen LogP contribution is 2.15. The third kappa shape index (κ3) is 3.70. The van der Waals surface area contributed by atoms with Gasteiger partial charge in [0.05, 0.1) is 0 Å². The summed E-state index contributed by atoms with van der Waals surface area (Å²) >= 11 is 0. The van der Waals surface area contributed by atoms with Crippen LogP contribution in [0.15, 0.2) is 18.3 Å². The largest absolute Gasteiger partial charge is 0.382 e. The number of anilines is 1. The summed E-state index contributed by atoms with van der Waals surface area (Å²) in [7, 11) is 0. The van der Waals surface area contributed by atoms with Crippen LogP contribution in [-0.4, -0.2) is 48.0 Å². The minimum absolute atomic E-state index is 0.00367. The molecule has 0 aromatic carbocycles. The minimum atomic E-state index is 0.00367. The van der Waals surface area contributed by atoms with Gasteiger partial charge in [-0.05, 0) is 51.9 Å². The first-order valence-corrected chi connectivity index (χ1v) is 7.47. The Labute approximate surface area is 120 Å². The fourth-order valence-electron chi connectivity index (χ4n) is 2.51. The van der Waals surface area contributed by atoms with Gasteiger partial charge in [0.25, 0.3) is 5.91 Å². The third-order valence-corrected chi connectivity index (χ3v) is 3.74. The number of aromatic nitrogens is 1. The Balaban J connectivity index is 2.05. The van der Waals surface area contributed by atoms with E-state index in [1.807, 2.05) is 26.0 Å². The zero-order valence-corrected chi connectivity index (χ0v) is 12.4. The zero-order chi connectivity index (χ0) is 14.4. The molecule has 0 radical (unpaired) electrons. The number of nitrogens with one attached hydrogen (secondary N) is 2. The Morgan fingerprint density at radius 1 is 1.40 bits per heavy atom. The molecule has 20 heavy (non-hydrogen) atoms. The van der Waals surface area contributed by atoms with Crippen molar-refractivity contribution in [1.82, 2.24) is 15.2 Å². The summed E-state index contributed by atoms with van der Waals surface area (Å²) in [6, 6.07) is 4.28. The van der Waals surface area contributed by atoms with Gasteiger partial charge in [-0.25, -0.2) is 0 Å². The molecule has 1 aromatic rings. The molecule has 2 heterocycles. The maximum Gasteiger partial charge on any atom is 0.272 e. The second-order valence-corrected chi connectivity index (χ2v) is 5.08. The Morgan fingerprint density at radius 2 is 2.10 bits per heavy atom. The van der Waals surface area contributed by atoms with E-state index in [1.165, 1.54) is 0 Å². The van der Waals surface area contributed by atoms with Crippen molar-refractivity contribution >= 4 is 11.6 Å². The summed E-state index contributed by atoms with van der Waals surface area (Å²) in [6.45, 7) is 7.49. The summed E-state index contributed by atoms with van der Waals surface area (Å²) in [4.78, 5) is 18.3. The smallest absolute Gasteiger partial charge is 0.272 e. The van der Waals surface area contributed by atoms with Crippen LogP contribution in [-0.2, 0) is 0 Å². The van der Waals surface area contributed by atoms with Crippen molar-refractivity contribution in [3.63, 3.8) is 0 Å². The first-order valence-electron chi connectivity index (χ1n) is 7.47. The molecule has 0 spiro atoms. The summed E-state index contributed by atoms with van der Waals surface area (Å²) in [5, 5.41) is 6.85. The lowest BCUT2D eigenvalue weighted by atomic mass is 10.1. The molecule has 0 aliphatic carbocycles. The molecule has 0 atom stereocenters. The fourth-order valence-corrected chi connectivity index (χ4v) is 2.51. The molecule has 5 heteroatoms. The van der Waals surface area contributed by atoms with Crippen molar-refractivity contribution in [2.75, 3.05) is 31.5 Å². The maximum atomic E-state index is 12.3. The van der Waals surface area contributed by atoms with Crippen molar-refractivity contribution in [3.05, 3.63) is 24.0 Å². The Hall–Kier alpha value is -1.62. The van der Waals surface area contributed by atoms with Crippen LogP contribution < -0.4 is 10.6 Å². The first-order chi connectivity index (χ1) is 9.74. The van der Waals surface area contributed by atoms with Crippen LogP contribution >= 0.6 is 0 Å². The van der Waals surface area contributed by atoms with Crippen LogP contribution in [0.2, 0.25) is 0 Å². The molecule has 1 fully saturated rings. The van der Waals surface area contributed by atoms with Crippen molar-refractivity contribution < 1.29 is 4.79 Å². The second-order valence-electron chi connectivity index (χ2n) is 5.08. The van der Waals surface area contributed by atoms with E-state index in [9.17, 15) is 4.79 Å². The standard InChI is InChI=1S/C15H24N4O/c1-3-19(4-2)15(20)14-11-13(7-10-17-14)18-12-5-8-16-9-6-12/h7,10-12,16H,3-6,8-9H2,1-2H3,(H,17,18). The van der Waals surface area contributed by atoms with E-state index in [-0.39, 0.29) is 5.91 Å². The van der Waals surface area contributed by atoms with Gasteiger partial charge < -0.3 is 15.5 Å². The molecule has 2 rings (SSSR count). The Bertz CT molecular complexity index is 439. The lowest BCUT2D eigenvalue weighted by molar-refractivity contribution is 0.0767. The van der Waals surface area contributed by atoms with Gasteiger partial charge in [-0.2, -0.15) is 0 Å². The number of carbonyl (C=O) groups excluding carboxylic acids is 1. The third-order valence-electron chi connectivity index (χ3n) is 3.74. The van der Waals surface area contributed by atoms with Crippen LogP contribution in [0.4, 0.5) is 5.69 Å². The van der Waals surface area contributed by atoms with E-state index in [2.05, 4.69) is 15.6 Å². The number of pyridine rings is 1. The molecule has 1 amide bonds. The Kier molecular flexibility index (Phi) is 5.35. The highest BCUT2D eigenvalue weighted by atomic mass is 16.2. The fraction of sp³-hybridized carbons (Fsp3) is 0.600. The van der Waals surface area contributed by atoms with Gasteiger partial charge in [-0.3, -0.25) is 9.78 Å². The normalized spacial score (nSPS) is 15.9. The highest BCUT2D eigenvalue weighted by Gasteiger charge is 2.16. The predicted octanol–water partition coefficient (Wildman–Crippen LogP) is 1.73. The second kappa shape index (κ2) is 7.24. The van der Waals surface area contributed by atoms with Gasteiger partial charge in [0.15, 0.2) is 0 Å². The summed E-state index contributed by atoms with van der Waals surface area (Å²) < 4.78 is 0. The molecule has 1 aliphatic heterocycles. The van der Waals surface area contributed by atoms with Crippen molar-refractivity contribution in [2.45, 2.75) is 32.7 Å². The molecule has 1 saturated heterocycles. The van der Waals surface area contributed by atoms with Crippen molar-refractivity contribution in [2.24, 2.45) is 0 Å². The monoisotopic (exact) mass is 276 g/mol. The molecule has 0 bridgehead atoms. The topological polar surface area (TPSA) is 57.3 Å². The Morgan fingerprint density at radius 3 is 2.75 bits per heavy atom. The molecule has 2 N–H and O–H groups in total. The average Bonchev–Trinajstić information content (AvgIpc) is 2.49. The number of nitrogens with zero attached hydrogens (tertiary/aromatic N) is 2. The summed E-state index contributed by atoms with van der Waals surface area (Å²) in [5.41, 5.74) is 1.51. The van der Waals surface area contributed by atoms with Crippen LogP contribution in [0.25, 0.3) is 0 Å². The number of rotatable bonds is 5. The molecule has 110 valence electrons. The number of piperidine rings is 1. The maximum absolute atomic E-state index is 12.3. The number of hydrogen-bond acceptors (Lipinski definition) is 4. The van der Waals surface area contributed by atoms with E-state index in [0.29, 0.717) is 24.8 Å². The van der Waals surface area contributed by atoms with Gasteiger partial charge in [0.2, 0.25) is 0 Å². The molecule has 1 aromatic heterocycles. The molecule has 5 nitrogen and oxygen atoms in total. The van der Waals surface area contributed by atoms with Gasteiger partial charge >= 0.3 is 0 Å². The average molecular weight is 276 g/mol. The summed E-state index contributed by atoms with van der Waals surface area (Å²) in [6.07, 6.45) is 3.93. The van der Waals surface area contributed by atoms with Gasteiger partial charge in [0.1, 0.15) is 5.69 Å². The van der Waals surface area contributed by atoms with Crippen molar-refractivity contribution in [1.29, 1.82) is 0 Å². The quantitative estimate of drug-likeness (QED) is 0.860. The van der Waals surface area contributed by atoms with Gasteiger partial charge in [-0.15, -0.1) is 0 Å². The molecular formula is C15H24N4O. The van der Waals surface area contributed by atoms with E-state index >= 15 is 0 Å². The van der Waals surface area contributed by atoms with Crippen LogP contribution in [0.3, 0.4) is 0 Å². The lowest BCUT2D eigenvalue weighted by Gasteiger charge is -2.25. The van der Waals surface area contributed by atoms with Gasteiger partial charge in [-0.1, -0.05) is 0 Å². The van der Waals surface area contributed by atoms with E-state index < -0.39 is 0 Å². The molecule has 1 aliphatic rings. The van der Waals surface area contributed by atoms with Crippen LogP contribution in [0.1, 0.15) is 37.2 Å². The van der Waals surface area contributed by atoms with E-state index in [4.69, 9.17) is 0 Å². The number of carbonyl (C=O) groups is 1. The minimum Gasteiger partial charge on any atom is -0.382 e. The van der Waals surface area contributed by atoms with Crippen LogP contribution in [0, 0.1) is 0 Å². The zero-order valence-electron chi connectivity index (χ0n) is 12.4. The SMILES string of the molecule is CCN(CC)C(=O)c1cc(NC2CCNCC2)ccn1. The highest BCUT2D eigenvalue weighted by molar-refractivity contribution is 5.93.